The van der Waals surface area contributed by atoms with Crippen LogP contribution >= 0.6 is 0 Å². The average molecular weight is 371 g/mol. The van der Waals surface area contributed by atoms with Crippen LogP contribution in [0.4, 0.5) is 5.82 Å². The van der Waals surface area contributed by atoms with Gasteiger partial charge in [0.2, 0.25) is 5.91 Å². The van der Waals surface area contributed by atoms with Crippen molar-refractivity contribution in [2.45, 2.75) is 83.3 Å². The molecule has 0 unspecified atom stereocenters. The molecule has 0 saturated heterocycles. The van der Waals surface area contributed by atoms with Gasteiger partial charge in [-0.05, 0) is 38.5 Å². The first-order chi connectivity index (χ1) is 13.2. The second-order valence-corrected chi connectivity index (χ2v) is 8.04. The lowest BCUT2D eigenvalue weighted by Crippen LogP contribution is -2.49. The first kappa shape index (κ1) is 18.2. The Morgan fingerprint density at radius 1 is 1.19 bits per heavy atom. The number of rotatable bonds is 8. The number of carbonyl (C=O) groups excluding carboxylic acids is 1. The Morgan fingerprint density at radius 3 is 2.78 bits per heavy atom. The minimum Gasteiger partial charge on any atom is -0.365 e. The number of carbonyl (C=O) groups is 1. The van der Waals surface area contributed by atoms with E-state index in [-0.39, 0.29) is 11.9 Å². The highest BCUT2D eigenvalue weighted by Gasteiger charge is 2.31. The maximum atomic E-state index is 12.1. The summed E-state index contributed by atoms with van der Waals surface area (Å²) < 4.78 is 2.01. The predicted molar refractivity (Wildman–Crippen MR) is 105 cm³/mol. The second-order valence-electron chi connectivity index (χ2n) is 8.04. The highest BCUT2D eigenvalue weighted by Crippen LogP contribution is 2.29. The van der Waals surface area contributed by atoms with Crippen LogP contribution in [0.2, 0.25) is 0 Å². The molecule has 2 aliphatic carbocycles. The number of anilines is 1. The van der Waals surface area contributed by atoms with Crippen LogP contribution in [-0.2, 0) is 11.3 Å². The van der Waals surface area contributed by atoms with Crippen molar-refractivity contribution in [3.05, 3.63) is 12.7 Å². The third-order valence-corrected chi connectivity index (χ3v) is 6.08. The van der Waals surface area contributed by atoms with Crippen LogP contribution in [0.25, 0.3) is 11.2 Å². The molecule has 146 valence electrons. The Balaban J connectivity index is 1.20. The van der Waals surface area contributed by atoms with E-state index in [9.17, 15) is 4.79 Å². The highest BCUT2D eigenvalue weighted by atomic mass is 16.1. The fourth-order valence-electron chi connectivity index (χ4n) is 4.41. The van der Waals surface area contributed by atoms with Gasteiger partial charge in [0.05, 0.1) is 6.33 Å². The van der Waals surface area contributed by atoms with Gasteiger partial charge in [-0.15, -0.1) is 0 Å². The minimum absolute atomic E-state index is 0.211. The molecule has 7 heteroatoms. The van der Waals surface area contributed by atoms with E-state index < -0.39 is 0 Å². The number of aromatic nitrogens is 4. The molecule has 2 aromatic rings. The average Bonchev–Trinajstić information content (AvgIpc) is 3.29. The van der Waals surface area contributed by atoms with E-state index in [0.717, 1.165) is 48.7 Å². The van der Waals surface area contributed by atoms with E-state index in [2.05, 4.69) is 32.5 Å². The van der Waals surface area contributed by atoms with Crippen LogP contribution in [0, 0.1) is 5.92 Å². The number of hydrogen-bond acceptors (Lipinski definition) is 5. The van der Waals surface area contributed by atoms with Gasteiger partial charge in [0.25, 0.3) is 0 Å². The fourth-order valence-corrected chi connectivity index (χ4v) is 4.41. The summed E-state index contributed by atoms with van der Waals surface area (Å²) in [5, 5.41) is 6.64. The minimum atomic E-state index is 0.211. The Hall–Kier alpha value is -2.18. The molecule has 2 heterocycles. The SMILES string of the molecule is CCn1cnc2c(NC3CC(NC(=O)CCCC4CCCC4)C3)ncnc21. The summed E-state index contributed by atoms with van der Waals surface area (Å²) in [6.45, 7) is 2.91. The molecule has 0 bridgehead atoms. The molecule has 0 aliphatic heterocycles. The molecule has 0 atom stereocenters. The topological polar surface area (TPSA) is 84.7 Å². The van der Waals surface area contributed by atoms with Crippen LogP contribution < -0.4 is 10.6 Å². The monoisotopic (exact) mass is 370 g/mol. The molecule has 27 heavy (non-hydrogen) atoms. The van der Waals surface area contributed by atoms with Crippen molar-refractivity contribution >= 4 is 22.9 Å². The zero-order valence-electron chi connectivity index (χ0n) is 16.2. The van der Waals surface area contributed by atoms with Crippen molar-refractivity contribution in [3.8, 4) is 0 Å². The van der Waals surface area contributed by atoms with Gasteiger partial charge in [0, 0.05) is 25.0 Å². The van der Waals surface area contributed by atoms with Crippen molar-refractivity contribution in [2.24, 2.45) is 5.92 Å². The lowest BCUT2D eigenvalue weighted by molar-refractivity contribution is -0.122. The molecule has 2 aliphatic rings. The molecule has 0 radical (unpaired) electrons. The van der Waals surface area contributed by atoms with E-state index in [4.69, 9.17) is 0 Å². The van der Waals surface area contributed by atoms with Crippen molar-refractivity contribution in [3.63, 3.8) is 0 Å². The number of amides is 1. The molecule has 2 saturated carbocycles. The standard InChI is InChI=1S/C20H30N6O/c1-2-26-13-23-18-19(21-12-22-20(18)26)25-16-10-15(11-16)24-17(27)9-5-8-14-6-3-4-7-14/h12-16H,2-11H2,1H3,(H,24,27)(H,21,22,25). The highest BCUT2D eigenvalue weighted by molar-refractivity contribution is 5.82. The third-order valence-electron chi connectivity index (χ3n) is 6.08. The van der Waals surface area contributed by atoms with Gasteiger partial charge in [0.15, 0.2) is 11.5 Å². The van der Waals surface area contributed by atoms with Crippen LogP contribution in [0.3, 0.4) is 0 Å². The van der Waals surface area contributed by atoms with Gasteiger partial charge in [-0.1, -0.05) is 25.7 Å². The van der Waals surface area contributed by atoms with Crippen LogP contribution in [-0.4, -0.2) is 37.5 Å². The zero-order valence-corrected chi connectivity index (χ0v) is 16.2. The zero-order chi connectivity index (χ0) is 18.6. The largest absolute Gasteiger partial charge is 0.365 e. The third kappa shape index (κ3) is 4.22. The van der Waals surface area contributed by atoms with Gasteiger partial charge >= 0.3 is 0 Å². The molecule has 2 fully saturated rings. The molecule has 2 N–H and O–H groups in total. The summed E-state index contributed by atoms with van der Waals surface area (Å²) in [7, 11) is 0. The summed E-state index contributed by atoms with van der Waals surface area (Å²) >= 11 is 0. The van der Waals surface area contributed by atoms with E-state index in [1.165, 1.54) is 32.1 Å². The number of fused-ring (bicyclic) bond motifs is 1. The molecule has 0 aromatic carbocycles. The van der Waals surface area contributed by atoms with E-state index in [1.54, 1.807) is 12.7 Å². The van der Waals surface area contributed by atoms with E-state index in [0.29, 0.717) is 12.5 Å². The van der Waals surface area contributed by atoms with Crippen molar-refractivity contribution in [1.82, 2.24) is 24.8 Å². The molecule has 1 amide bonds. The summed E-state index contributed by atoms with van der Waals surface area (Å²) in [5.41, 5.74) is 1.68. The molecule has 4 rings (SSSR count). The lowest BCUT2D eigenvalue weighted by atomic mass is 9.86. The summed E-state index contributed by atoms with van der Waals surface area (Å²) in [6.07, 6.45) is 13.7. The molecular formula is C20H30N6O. The van der Waals surface area contributed by atoms with Crippen molar-refractivity contribution in [1.29, 1.82) is 0 Å². The molecular weight excluding hydrogens is 340 g/mol. The molecule has 7 nitrogen and oxygen atoms in total. The number of hydrogen-bond donors (Lipinski definition) is 2. The van der Waals surface area contributed by atoms with Gasteiger partial charge in [-0.3, -0.25) is 4.79 Å². The summed E-state index contributed by atoms with van der Waals surface area (Å²) in [4.78, 5) is 25.3. The Labute approximate surface area is 160 Å². The van der Waals surface area contributed by atoms with Crippen LogP contribution in [0.5, 0.6) is 0 Å². The van der Waals surface area contributed by atoms with Gasteiger partial charge < -0.3 is 15.2 Å². The molecule has 0 spiro atoms. The maximum Gasteiger partial charge on any atom is 0.220 e. The Bertz CT molecular complexity index is 776. The quantitative estimate of drug-likeness (QED) is 0.745. The number of imidazole rings is 1. The van der Waals surface area contributed by atoms with Gasteiger partial charge in [0.1, 0.15) is 11.8 Å². The molecule has 2 aromatic heterocycles. The van der Waals surface area contributed by atoms with Crippen LogP contribution in [0.1, 0.15) is 64.7 Å². The van der Waals surface area contributed by atoms with Gasteiger partial charge in [-0.25, -0.2) is 15.0 Å². The van der Waals surface area contributed by atoms with Crippen molar-refractivity contribution in [2.75, 3.05) is 5.32 Å². The first-order valence-electron chi connectivity index (χ1n) is 10.4. The van der Waals surface area contributed by atoms with Crippen molar-refractivity contribution < 1.29 is 4.79 Å². The fraction of sp³-hybridized carbons (Fsp3) is 0.700. The van der Waals surface area contributed by atoms with Crippen LogP contribution in [0.15, 0.2) is 12.7 Å². The van der Waals surface area contributed by atoms with E-state index in [1.807, 2.05) is 4.57 Å². The normalized spacial score (nSPS) is 22.7. The lowest BCUT2D eigenvalue weighted by Gasteiger charge is -2.36. The smallest absolute Gasteiger partial charge is 0.220 e. The Kier molecular flexibility index (Phi) is 5.55. The summed E-state index contributed by atoms with van der Waals surface area (Å²) in [6, 6.07) is 0.616. The summed E-state index contributed by atoms with van der Waals surface area (Å²) in [5.74, 6) is 1.87. The number of nitrogens with one attached hydrogen (secondary N) is 2. The second kappa shape index (κ2) is 8.23. The number of nitrogens with zero attached hydrogens (tertiary/aromatic N) is 4. The van der Waals surface area contributed by atoms with E-state index >= 15 is 0 Å². The first-order valence-corrected chi connectivity index (χ1v) is 10.4. The maximum absolute atomic E-state index is 12.1. The number of aryl methyl sites for hydroxylation is 1. The predicted octanol–water partition coefficient (Wildman–Crippen LogP) is 3.27. The Morgan fingerprint density at radius 2 is 2.00 bits per heavy atom. The van der Waals surface area contributed by atoms with Gasteiger partial charge in [-0.2, -0.15) is 0 Å².